The average Bonchev–Trinajstić information content (AvgIpc) is 2.96. The van der Waals surface area contributed by atoms with Gasteiger partial charge < -0.3 is 9.30 Å². The quantitative estimate of drug-likeness (QED) is 0.685. The maximum Gasteiger partial charge on any atom is 0.208 e. The van der Waals surface area contributed by atoms with Crippen molar-refractivity contribution in [2.45, 2.75) is 27.2 Å². The number of aromatic nitrogens is 1. The number of nitrogens with zero attached hydrogens (tertiary/aromatic N) is 2. The van der Waals surface area contributed by atoms with Gasteiger partial charge in [-0.2, -0.15) is 5.26 Å². The Kier molecular flexibility index (Phi) is 9.57. The van der Waals surface area contributed by atoms with Crippen molar-refractivity contribution < 1.29 is 13.2 Å². The molecule has 1 N–H and O–H groups in total. The Hall–Kier alpha value is -2.82. The van der Waals surface area contributed by atoms with Gasteiger partial charge in [0.15, 0.2) is 0 Å². The molecule has 0 radical (unpaired) electrons. The van der Waals surface area contributed by atoms with Gasteiger partial charge in [-0.3, -0.25) is 0 Å². The molecule has 0 atom stereocenters. The van der Waals surface area contributed by atoms with Gasteiger partial charge in [-0.25, -0.2) is 13.1 Å². The molecule has 0 amide bonds. The Labute approximate surface area is 179 Å². The summed E-state index contributed by atoms with van der Waals surface area (Å²) in [6.07, 6.45) is 5.43. The molecular weight excluding hydrogens is 398 g/mol. The van der Waals surface area contributed by atoms with Crippen LogP contribution >= 0.6 is 0 Å². The van der Waals surface area contributed by atoms with Gasteiger partial charge in [0.1, 0.15) is 11.8 Å². The SMILES string of the molecule is C=c1c(C#N)c(-c2ccc(CCNS(C)(=O)=O)cc2)n(C)/c1=C/C(=C\C)OC.CC. The lowest BCUT2D eigenvalue weighted by Crippen LogP contribution is -2.27. The molecule has 0 fully saturated rings. The lowest BCUT2D eigenvalue weighted by molar-refractivity contribution is 0.312. The van der Waals surface area contributed by atoms with E-state index in [0.717, 1.165) is 28.4 Å². The van der Waals surface area contributed by atoms with E-state index in [1.807, 2.05) is 68.8 Å². The zero-order valence-corrected chi connectivity index (χ0v) is 19.4. The van der Waals surface area contributed by atoms with Crippen LogP contribution in [0.2, 0.25) is 0 Å². The Balaban J connectivity index is 0.00000218. The minimum absolute atomic E-state index is 0.344. The number of nitriles is 1. The fourth-order valence-electron chi connectivity index (χ4n) is 3.01. The third-order valence-corrected chi connectivity index (χ3v) is 5.19. The van der Waals surface area contributed by atoms with Gasteiger partial charge in [0.2, 0.25) is 10.0 Å². The van der Waals surface area contributed by atoms with Gasteiger partial charge in [-0.15, -0.1) is 0 Å². The second-order valence-electron chi connectivity index (χ2n) is 6.41. The van der Waals surface area contributed by atoms with E-state index in [1.54, 1.807) is 7.11 Å². The predicted molar refractivity (Wildman–Crippen MR) is 123 cm³/mol. The molecule has 7 heteroatoms. The Bertz CT molecular complexity index is 1140. The molecule has 1 aromatic heterocycles. The monoisotopic (exact) mass is 429 g/mol. The molecule has 30 heavy (non-hydrogen) atoms. The molecule has 0 aliphatic heterocycles. The van der Waals surface area contributed by atoms with E-state index in [2.05, 4.69) is 17.4 Å². The molecule has 0 aliphatic carbocycles. The molecule has 0 aliphatic rings. The normalized spacial score (nSPS) is 12.2. The molecule has 6 nitrogen and oxygen atoms in total. The Morgan fingerprint density at radius 1 is 1.30 bits per heavy atom. The summed E-state index contributed by atoms with van der Waals surface area (Å²) >= 11 is 0. The van der Waals surface area contributed by atoms with Gasteiger partial charge in [-0.1, -0.05) is 44.7 Å². The molecule has 0 saturated carbocycles. The van der Waals surface area contributed by atoms with E-state index < -0.39 is 10.0 Å². The van der Waals surface area contributed by atoms with E-state index in [-0.39, 0.29) is 0 Å². The summed E-state index contributed by atoms with van der Waals surface area (Å²) in [4.78, 5) is 0. The minimum atomic E-state index is -3.19. The topological polar surface area (TPSA) is 84.1 Å². The second-order valence-corrected chi connectivity index (χ2v) is 8.24. The van der Waals surface area contributed by atoms with Crippen LogP contribution in [0.1, 0.15) is 31.9 Å². The first-order valence-corrected chi connectivity index (χ1v) is 11.6. The van der Waals surface area contributed by atoms with E-state index >= 15 is 0 Å². The number of hydrogen-bond acceptors (Lipinski definition) is 4. The van der Waals surface area contributed by atoms with Crippen LogP contribution < -0.4 is 15.3 Å². The summed E-state index contributed by atoms with van der Waals surface area (Å²) in [5.41, 5.74) is 3.20. The lowest BCUT2D eigenvalue weighted by Gasteiger charge is -2.08. The maximum absolute atomic E-state index is 11.2. The number of ether oxygens (including phenoxy) is 1. The zero-order chi connectivity index (χ0) is 22.9. The van der Waals surface area contributed by atoms with Crippen molar-refractivity contribution in [2.24, 2.45) is 7.05 Å². The van der Waals surface area contributed by atoms with E-state index in [1.165, 1.54) is 0 Å². The van der Waals surface area contributed by atoms with Crippen molar-refractivity contribution in [3.05, 3.63) is 57.8 Å². The number of benzene rings is 1. The molecule has 1 aromatic carbocycles. The molecule has 0 unspecified atom stereocenters. The molecule has 0 spiro atoms. The van der Waals surface area contributed by atoms with Gasteiger partial charge >= 0.3 is 0 Å². The van der Waals surface area contributed by atoms with Crippen molar-refractivity contribution in [1.82, 2.24) is 9.29 Å². The molecule has 162 valence electrons. The number of sulfonamides is 1. The summed E-state index contributed by atoms with van der Waals surface area (Å²) in [6, 6.07) is 10.00. The first kappa shape index (κ1) is 25.2. The van der Waals surface area contributed by atoms with Gasteiger partial charge in [0, 0.05) is 24.9 Å². The predicted octanol–water partition coefficient (Wildman–Crippen LogP) is 2.42. The number of nitrogens with one attached hydrogen (secondary N) is 1. The van der Waals surface area contributed by atoms with Crippen molar-refractivity contribution in [3.8, 4) is 17.3 Å². The van der Waals surface area contributed by atoms with Crippen LogP contribution in [-0.2, 0) is 28.2 Å². The standard InChI is InChI=1S/C21H25N3O3S.C2H6/c1-6-18(27-4)13-20-15(2)19(14-22)21(24(20)3)17-9-7-16(8-10-17)11-12-23-28(5,25)26;1-2/h6-10,13,23H,2,11-12H2,1,3-5H3;1-2H3/b18-6+,20-13+;. The second kappa shape index (κ2) is 11.4. The summed E-state index contributed by atoms with van der Waals surface area (Å²) < 4.78 is 32.0. The van der Waals surface area contributed by atoms with Crippen LogP contribution in [0.25, 0.3) is 23.9 Å². The number of rotatable bonds is 7. The smallest absolute Gasteiger partial charge is 0.208 e. The van der Waals surface area contributed by atoms with Gasteiger partial charge in [0.05, 0.1) is 30.0 Å². The van der Waals surface area contributed by atoms with Crippen molar-refractivity contribution >= 4 is 22.7 Å². The first-order chi connectivity index (χ1) is 14.2. The van der Waals surface area contributed by atoms with E-state index in [9.17, 15) is 13.7 Å². The molecule has 2 rings (SSSR count). The summed E-state index contributed by atoms with van der Waals surface area (Å²) in [7, 11) is 0.299. The fourth-order valence-corrected chi connectivity index (χ4v) is 3.48. The third kappa shape index (κ3) is 6.34. The highest BCUT2D eigenvalue weighted by Gasteiger charge is 2.14. The van der Waals surface area contributed by atoms with Gasteiger partial charge in [-0.05, 0) is 30.5 Å². The minimum Gasteiger partial charge on any atom is -0.497 e. The van der Waals surface area contributed by atoms with Gasteiger partial charge in [0.25, 0.3) is 0 Å². The number of methoxy groups -OCH3 is 1. The maximum atomic E-state index is 11.2. The van der Waals surface area contributed by atoms with Crippen LogP contribution in [0.5, 0.6) is 0 Å². The van der Waals surface area contributed by atoms with Crippen LogP contribution in [-0.4, -0.2) is 32.9 Å². The van der Waals surface area contributed by atoms with Crippen LogP contribution in [0, 0.1) is 11.3 Å². The van der Waals surface area contributed by atoms with E-state index in [0.29, 0.717) is 29.5 Å². The molecule has 0 saturated heterocycles. The Morgan fingerprint density at radius 3 is 2.37 bits per heavy atom. The van der Waals surface area contributed by atoms with Crippen molar-refractivity contribution in [3.63, 3.8) is 0 Å². The summed E-state index contributed by atoms with van der Waals surface area (Å²) in [6.45, 7) is 10.3. The fraction of sp³-hybridized carbons (Fsp3) is 0.348. The lowest BCUT2D eigenvalue weighted by atomic mass is 10.0. The molecule has 0 bridgehead atoms. The van der Waals surface area contributed by atoms with Crippen LogP contribution in [0.15, 0.2) is 36.1 Å². The highest BCUT2D eigenvalue weighted by atomic mass is 32.2. The highest BCUT2D eigenvalue weighted by Crippen LogP contribution is 2.21. The first-order valence-electron chi connectivity index (χ1n) is 9.75. The largest absolute Gasteiger partial charge is 0.497 e. The third-order valence-electron chi connectivity index (χ3n) is 4.46. The number of allylic oxidation sites excluding steroid dienone is 2. The molecule has 1 heterocycles. The van der Waals surface area contributed by atoms with Crippen LogP contribution in [0.4, 0.5) is 0 Å². The summed E-state index contributed by atoms with van der Waals surface area (Å²) in [5.74, 6) is 0.690. The number of hydrogen-bond donors (Lipinski definition) is 1. The van der Waals surface area contributed by atoms with Crippen molar-refractivity contribution in [2.75, 3.05) is 19.9 Å². The van der Waals surface area contributed by atoms with E-state index in [4.69, 9.17) is 4.74 Å². The zero-order valence-electron chi connectivity index (χ0n) is 18.6. The average molecular weight is 430 g/mol. The molecular formula is C23H31N3O3S. The highest BCUT2D eigenvalue weighted by molar-refractivity contribution is 7.88. The molecule has 2 aromatic rings. The summed E-state index contributed by atoms with van der Waals surface area (Å²) in [5, 5.41) is 11.1. The Morgan fingerprint density at radius 2 is 1.90 bits per heavy atom. The van der Waals surface area contributed by atoms with Crippen LogP contribution in [0.3, 0.4) is 0 Å². The van der Waals surface area contributed by atoms with Crippen molar-refractivity contribution in [1.29, 1.82) is 5.26 Å².